The second-order valence-corrected chi connectivity index (χ2v) is 5.79. The van der Waals surface area contributed by atoms with E-state index in [1.165, 1.54) is 4.90 Å². The lowest BCUT2D eigenvalue weighted by atomic mass is 9.92. The maximum Gasteiger partial charge on any atom is 0.321 e. The van der Waals surface area contributed by atoms with Crippen LogP contribution < -0.4 is 5.32 Å². The quantitative estimate of drug-likeness (QED) is 0.769. The minimum absolute atomic E-state index is 0.176. The summed E-state index contributed by atoms with van der Waals surface area (Å²) in [4.78, 5) is 13.6. The number of nitrogens with zero attached hydrogens (tertiary/aromatic N) is 1. The van der Waals surface area contributed by atoms with E-state index in [9.17, 15) is 15.0 Å². The molecular weight excluding hydrogens is 256 g/mol. The Bertz CT molecular complexity index is 450. The number of urea groups is 1. The molecule has 1 aromatic rings. The van der Waals surface area contributed by atoms with Gasteiger partial charge in [0.25, 0.3) is 0 Å². The number of benzene rings is 1. The number of nitrogens with one attached hydrogen (secondary N) is 1. The van der Waals surface area contributed by atoms with Crippen LogP contribution >= 0.6 is 0 Å². The molecule has 0 radical (unpaired) electrons. The maximum absolute atomic E-state index is 12.1. The predicted molar refractivity (Wildman–Crippen MR) is 79.8 cm³/mol. The van der Waals surface area contributed by atoms with Gasteiger partial charge in [-0.2, -0.15) is 0 Å². The van der Waals surface area contributed by atoms with Crippen molar-refractivity contribution in [2.24, 2.45) is 5.41 Å². The third kappa shape index (κ3) is 4.51. The Morgan fingerprint density at radius 2 is 1.70 bits per heavy atom. The third-order valence-electron chi connectivity index (χ3n) is 3.20. The molecule has 0 aliphatic rings. The van der Waals surface area contributed by atoms with E-state index >= 15 is 0 Å². The van der Waals surface area contributed by atoms with Crippen LogP contribution in [0.25, 0.3) is 0 Å². The van der Waals surface area contributed by atoms with E-state index in [1.54, 1.807) is 14.0 Å². The van der Waals surface area contributed by atoms with Crippen molar-refractivity contribution in [2.75, 3.05) is 32.1 Å². The summed E-state index contributed by atoms with van der Waals surface area (Å²) >= 11 is 0. The van der Waals surface area contributed by atoms with Crippen molar-refractivity contribution < 1.29 is 15.0 Å². The second-order valence-electron chi connectivity index (χ2n) is 5.79. The van der Waals surface area contributed by atoms with Gasteiger partial charge in [-0.1, -0.05) is 13.0 Å². The lowest BCUT2D eigenvalue weighted by molar-refractivity contribution is 0.0509. The highest BCUT2D eigenvalue weighted by atomic mass is 16.3. The molecule has 0 spiro atoms. The molecule has 20 heavy (non-hydrogen) atoms. The Kier molecular flexibility index (Phi) is 5.53. The molecule has 0 saturated carbocycles. The Morgan fingerprint density at radius 3 is 2.15 bits per heavy atom. The molecule has 0 unspecified atom stereocenters. The van der Waals surface area contributed by atoms with Crippen LogP contribution in [0.2, 0.25) is 0 Å². The molecule has 0 aliphatic heterocycles. The number of hydrogen-bond acceptors (Lipinski definition) is 3. The number of aryl methyl sites for hydroxylation is 2. The van der Waals surface area contributed by atoms with Crippen molar-refractivity contribution >= 4 is 11.7 Å². The molecule has 0 aliphatic carbocycles. The van der Waals surface area contributed by atoms with Gasteiger partial charge < -0.3 is 20.4 Å². The first-order valence-corrected chi connectivity index (χ1v) is 6.62. The van der Waals surface area contributed by atoms with Crippen LogP contribution in [-0.4, -0.2) is 48.0 Å². The maximum atomic E-state index is 12.1. The first-order chi connectivity index (χ1) is 9.29. The summed E-state index contributed by atoms with van der Waals surface area (Å²) in [7, 11) is 1.64. The van der Waals surface area contributed by atoms with Crippen molar-refractivity contribution in [3.8, 4) is 0 Å². The average Bonchev–Trinajstić information content (AvgIpc) is 2.37. The number of carbonyl (C=O) groups is 1. The van der Waals surface area contributed by atoms with Crippen molar-refractivity contribution in [1.82, 2.24) is 4.90 Å². The van der Waals surface area contributed by atoms with Crippen molar-refractivity contribution in [3.63, 3.8) is 0 Å². The zero-order valence-electron chi connectivity index (χ0n) is 12.6. The van der Waals surface area contributed by atoms with Gasteiger partial charge in [-0.25, -0.2) is 4.79 Å². The van der Waals surface area contributed by atoms with Crippen LogP contribution in [-0.2, 0) is 0 Å². The number of carbonyl (C=O) groups excluding carboxylic acids is 1. The van der Waals surface area contributed by atoms with Gasteiger partial charge >= 0.3 is 6.03 Å². The van der Waals surface area contributed by atoms with Crippen LogP contribution in [0.4, 0.5) is 10.5 Å². The van der Waals surface area contributed by atoms with Gasteiger partial charge in [0.15, 0.2) is 0 Å². The van der Waals surface area contributed by atoms with Crippen LogP contribution in [0.1, 0.15) is 18.1 Å². The molecule has 3 N–H and O–H groups in total. The summed E-state index contributed by atoms with van der Waals surface area (Å²) in [6, 6.07) is 5.57. The Labute approximate surface area is 120 Å². The van der Waals surface area contributed by atoms with Crippen LogP contribution in [0.5, 0.6) is 0 Å². The molecule has 0 fully saturated rings. The minimum Gasteiger partial charge on any atom is -0.396 e. The predicted octanol–water partition coefficient (Wildman–Crippen LogP) is 1.76. The number of aliphatic hydroxyl groups is 2. The lowest BCUT2D eigenvalue weighted by Gasteiger charge is -2.30. The van der Waals surface area contributed by atoms with Crippen LogP contribution in [0, 0.1) is 19.3 Å². The molecular formula is C15H24N2O3. The van der Waals surface area contributed by atoms with Crippen LogP contribution in [0.15, 0.2) is 18.2 Å². The first-order valence-electron chi connectivity index (χ1n) is 6.62. The topological polar surface area (TPSA) is 72.8 Å². The van der Waals surface area contributed by atoms with E-state index in [0.29, 0.717) is 0 Å². The van der Waals surface area contributed by atoms with E-state index in [4.69, 9.17) is 0 Å². The molecule has 0 bridgehead atoms. The van der Waals surface area contributed by atoms with Crippen molar-refractivity contribution in [1.29, 1.82) is 0 Å². The zero-order valence-corrected chi connectivity index (χ0v) is 12.6. The summed E-state index contributed by atoms with van der Waals surface area (Å²) in [6.45, 7) is 5.60. The fraction of sp³-hybridized carbons (Fsp3) is 0.533. The molecule has 0 aromatic heterocycles. The Balaban J connectivity index is 2.70. The van der Waals surface area contributed by atoms with Gasteiger partial charge in [-0.15, -0.1) is 0 Å². The van der Waals surface area contributed by atoms with Gasteiger partial charge in [-0.3, -0.25) is 0 Å². The largest absolute Gasteiger partial charge is 0.396 e. The van der Waals surface area contributed by atoms with Crippen LogP contribution in [0.3, 0.4) is 0 Å². The van der Waals surface area contributed by atoms with E-state index in [-0.39, 0.29) is 25.8 Å². The number of amides is 2. The highest BCUT2D eigenvalue weighted by Gasteiger charge is 2.26. The molecule has 5 nitrogen and oxygen atoms in total. The smallest absolute Gasteiger partial charge is 0.321 e. The second kappa shape index (κ2) is 6.72. The van der Waals surface area contributed by atoms with E-state index < -0.39 is 5.41 Å². The number of anilines is 1. The third-order valence-corrected chi connectivity index (χ3v) is 3.20. The van der Waals surface area contributed by atoms with Crippen molar-refractivity contribution in [2.45, 2.75) is 20.8 Å². The monoisotopic (exact) mass is 280 g/mol. The molecule has 0 atom stereocenters. The number of aliphatic hydroxyl groups excluding tert-OH is 2. The standard InChI is InChI=1S/C15H24N2O3/c1-11-5-12(2)7-13(6-11)16-14(20)17(4)8-15(3,9-18)10-19/h5-7,18-19H,8-10H2,1-4H3,(H,16,20). The normalized spacial score (nSPS) is 11.3. The van der Waals surface area contributed by atoms with Gasteiger partial charge in [0.2, 0.25) is 0 Å². The van der Waals surface area contributed by atoms with Gasteiger partial charge in [-0.05, 0) is 37.1 Å². The summed E-state index contributed by atoms with van der Waals surface area (Å²) in [5, 5.41) is 21.3. The highest BCUT2D eigenvalue weighted by Crippen LogP contribution is 2.17. The fourth-order valence-electron chi connectivity index (χ4n) is 2.06. The molecule has 1 rings (SSSR count). The molecule has 112 valence electrons. The van der Waals surface area contributed by atoms with Gasteiger partial charge in [0.1, 0.15) is 0 Å². The highest BCUT2D eigenvalue weighted by molar-refractivity contribution is 5.89. The Hall–Kier alpha value is -1.59. The summed E-state index contributed by atoms with van der Waals surface area (Å²) < 4.78 is 0. The molecule has 1 aromatic carbocycles. The summed E-state index contributed by atoms with van der Waals surface area (Å²) in [5.74, 6) is 0. The van der Waals surface area contributed by atoms with E-state index in [1.807, 2.05) is 32.0 Å². The molecule has 5 heteroatoms. The Morgan fingerprint density at radius 1 is 1.20 bits per heavy atom. The SMILES string of the molecule is Cc1cc(C)cc(NC(=O)N(C)CC(C)(CO)CO)c1. The van der Waals surface area contributed by atoms with E-state index in [2.05, 4.69) is 5.32 Å². The van der Waals surface area contributed by atoms with Gasteiger partial charge in [0.05, 0.1) is 13.2 Å². The number of rotatable bonds is 5. The first kappa shape index (κ1) is 16.5. The zero-order chi connectivity index (χ0) is 15.3. The summed E-state index contributed by atoms with van der Waals surface area (Å²) in [5.41, 5.74) is 2.21. The summed E-state index contributed by atoms with van der Waals surface area (Å²) in [6.07, 6.45) is 0. The average molecular weight is 280 g/mol. The molecule has 0 saturated heterocycles. The molecule has 2 amide bonds. The van der Waals surface area contributed by atoms with Gasteiger partial charge in [0, 0.05) is 24.7 Å². The fourth-order valence-corrected chi connectivity index (χ4v) is 2.06. The minimum atomic E-state index is -0.700. The lowest BCUT2D eigenvalue weighted by Crippen LogP contribution is -2.43. The van der Waals surface area contributed by atoms with Crippen molar-refractivity contribution in [3.05, 3.63) is 29.3 Å². The number of hydrogen-bond donors (Lipinski definition) is 3. The van der Waals surface area contributed by atoms with E-state index in [0.717, 1.165) is 16.8 Å². The molecule has 0 heterocycles.